The van der Waals surface area contributed by atoms with Gasteiger partial charge in [0.2, 0.25) is 5.91 Å². The van der Waals surface area contributed by atoms with Gasteiger partial charge in [0.05, 0.1) is 37.3 Å². The molecule has 0 N–H and O–H groups in total. The molecule has 2 heterocycles. The third-order valence-electron chi connectivity index (χ3n) is 4.95. The normalized spacial score (nSPS) is 16.0. The van der Waals surface area contributed by atoms with Crippen molar-refractivity contribution in [2.75, 3.05) is 38.0 Å². The Labute approximate surface area is 184 Å². The molecule has 1 amide bonds. The lowest BCUT2D eigenvalue weighted by Gasteiger charge is -2.23. The molecular weight excluding hydrogens is 420 g/mol. The number of hydrogen-bond acceptors (Lipinski definition) is 7. The van der Waals surface area contributed by atoms with Crippen LogP contribution in [0.15, 0.2) is 47.4 Å². The highest BCUT2D eigenvalue weighted by Crippen LogP contribution is 2.35. The number of thioether (sulfide) groups is 1. The first-order chi connectivity index (χ1) is 14.7. The fraction of sp³-hybridized carbons (Fsp3) is 0.364. The molecule has 1 aliphatic heterocycles. The van der Waals surface area contributed by atoms with Gasteiger partial charge in [-0.25, -0.2) is 4.98 Å². The number of para-hydroxylation sites is 1. The topological polar surface area (TPSA) is 60.9 Å². The molecule has 3 aromatic rings. The Morgan fingerprint density at radius 2 is 2.07 bits per heavy atom. The van der Waals surface area contributed by atoms with Gasteiger partial charge < -0.3 is 14.2 Å². The highest BCUT2D eigenvalue weighted by atomic mass is 32.2. The van der Waals surface area contributed by atoms with Crippen molar-refractivity contribution in [1.29, 1.82) is 0 Å². The average molecular weight is 445 g/mol. The number of thiazole rings is 1. The van der Waals surface area contributed by atoms with E-state index in [9.17, 15) is 4.79 Å². The van der Waals surface area contributed by atoms with Crippen LogP contribution in [0.4, 0.5) is 5.13 Å². The van der Waals surface area contributed by atoms with Crippen molar-refractivity contribution in [2.24, 2.45) is 0 Å². The molecule has 1 unspecified atom stereocenters. The van der Waals surface area contributed by atoms with Crippen molar-refractivity contribution in [3.63, 3.8) is 0 Å². The Balaban J connectivity index is 1.54. The van der Waals surface area contributed by atoms with Gasteiger partial charge in [-0.15, -0.1) is 11.8 Å². The smallest absolute Gasteiger partial charge is 0.239 e. The zero-order chi connectivity index (χ0) is 20.9. The summed E-state index contributed by atoms with van der Waals surface area (Å²) in [5.41, 5.74) is 0.785. The predicted octanol–water partition coefficient (Wildman–Crippen LogP) is 4.62. The van der Waals surface area contributed by atoms with Crippen LogP contribution in [0.3, 0.4) is 0 Å². The molecule has 2 aromatic carbocycles. The summed E-state index contributed by atoms with van der Waals surface area (Å²) < 4.78 is 17.4. The number of carbonyl (C=O) groups is 1. The monoisotopic (exact) mass is 444 g/mol. The van der Waals surface area contributed by atoms with E-state index in [1.807, 2.05) is 42.5 Å². The number of anilines is 1. The molecule has 1 atom stereocenters. The minimum absolute atomic E-state index is 0.0179. The van der Waals surface area contributed by atoms with Crippen molar-refractivity contribution in [1.82, 2.24) is 4.98 Å². The second-order valence-electron chi connectivity index (χ2n) is 6.91. The maximum atomic E-state index is 13.2. The quantitative estimate of drug-likeness (QED) is 0.473. The fourth-order valence-corrected chi connectivity index (χ4v) is 5.15. The third-order valence-corrected chi connectivity index (χ3v) is 6.99. The standard InChI is InChI=1S/C22H24N2O4S2/c1-26-15-8-10-17(11-9-15)29-14-20(25)24(13-16-5-4-12-28-16)22-23-21-18(27-2)6-3-7-19(21)30-22/h3,6-11,16H,4-5,12-14H2,1-2H3. The maximum Gasteiger partial charge on any atom is 0.239 e. The molecule has 1 aromatic heterocycles. The molecule has 1 fully saturated rings. The van der Waals surface area contributed by atoms with Gasteiger partial charge in [0.15, 0.2) is 5.13 Å². The van der Waals surface area contributed by atoms with Gasteiger partial charge in [-0.1, -0.05) is 17.4 Å². The molecule has 0 spiro atoms. The van der Waals surface area contributed by atoms with Gasteiger partial charge >= 0.3 is 0 Å². The van der Waals surface area contributed by atoms with Crippen molar-refractivity contribution >= 4 is 44.4 Å². The van der Waals surface area contributed by atoms with Crippen LogP contribution in [0.2, 0.25) is 0 Å². The van der Waals surface area contributed by atoms with E-state index in [0.29, 0.717) is 23.2 Å². The Hall–Kier alpha value is -2.29. The van der Waals surface area contributed by atoms with Gasteiger partial charge in [0.1, 0.15) is 17.0 Å². The first-order valence-electron chi connectivity index (χ1n) is 9.80. The molecule has 30 heavy (non-hydrogen) atoms. The molecule has 4 rings (SSSR count). The molecule has 8 heteroatoms. The lowest BCUT2D eigenvalue weighted by Crippen LogP contribution is -2.38. The summed E-state index contributed by atoms with van der Waals surface area (Å²) in [7, 11) is 3.27. The molecule has 0 radical (unpaired) electrons. The van der Waals surface area contributed by atoms with Crippen molar-refractivity contribution in [2.45, 2.75) is 23.8 Å². The number of fused-ring (bicyclic) bond motifs is 1. The van der Waals surface area contributed by atoms with Crippen LogP contribution in [0.1, 0.15) is 12.8 Å². The molecule has 0 aliphatic carbocycles. The zero-order valence-electron chi connectivity index (χ0n) is 17.0. The Morgan fingerprint density at radius 1 is 1.23 bits per heavy atom. The largest absolute Gasteiger partial charge is 0.497 e. The fourth-order valence-electron chi connectivity index (χ4n) is 3.37. The number of nitrogens with zero attached hydrogens (tertiary/aromatic N) is 2. The summed E-state index contributed by atoms with van der Waals surface area (Å²) in [5.74, 6) is 1.86. The van der Waals surface area contributed by atoms with Crippen molar-refractivity contribution in [3.05, 3.63) is 42.5 Å². The summed E-state index contributed by atoms with van der Waals surface area (Å²) in [5, 5.41) is 0.685. The number of carbonyl (C=O) groups excluding carboxylic acids is 1. The van der Waals surface area contributed by atoms with Gasteiger partial charge in [0, 0.05) is 11.5 Å². The predicted molar refractivity (Wildman–Crippen MR) is 121 cm³/mol. The average Bonchev–Trinajstić information content (AvgIpc) is 3.45. The van der Waals surface area contributed by atoms with E-state index >= 15 is 0 Å². The first kappa shape index (κ1) is 21.0. The minimum atomic E-state index is 0.0179. The van der Waals surface area contributed by atoms with Crippen LogP contribution in [-0.4, -0.2) is 50.1 Å². The summed E-state index contributed by atoms with van der Waals surface area (Å²) >= 11 is 3.01. The van der Waals surface area contributed by atoms with Crippen LogP contribution >= 0.6 is 23.1 Å². The van der Waals surface area contributed by atoms with E-state index in [-0.39, 0.29) is 12.0 Å². The lowest BCUT2D eigenvalue weighted by molar-refractivity contribution is -0.116. The molecule has 1 aliphatic rings. The number of ether oxygens (including phenoxy) is 3. The van der Waals surface area contributed by atoms with E-state index in [1.54, 1.807) is 19.1 Å². The first-order valence-corrected chi connectivity index (χ1v) is 11.6. The molecule has 1 saturated heterocycles. The lowest BCUT2D eigenvalue weighted by atomic mass is 10.2. The number of hydrogen-bond donors (Lipinski definition) is 0. The molecular formula is C22H24N2O4S2. The number of aromatic nitrogens is 1. The van der Waals surface area contributed by atoms with Gasteiger partial charge in [0.25, 0.3) is 0 Å². The van der Waals surface area contributed by atoms with Gasteiger partial charge in [-0.3, -0.25) is 9.69 Å². The maximum absolute atomic E-state index is 13.2. The highest BCUT2D eigenvalue weighted by Gasteiger charge is 2.26. The second-order valence-corrected chi connectivity index (χ2v) is 8.96. The van der Waals surface area contributed by atoms with Gasteiger partial charge in [-0.2, -0.15) is 0 Å². The highest BCUT2D eigenvalue weighted by molar-refractivity contribution is 8.00. The van der Waals surface area contributed by atoms with Gasteiger partial charge in [-0.05, 0) is 49.2 Å². The number of methoxy groups -OCH3 is 2. The number of rotatable bonds is 8. The van der Waals surface area contributed by atoms with Crippen LogP contribution in [-0.2, 0) is 9.53 Å². The summed E-state index contributed by atoms with van der Waals surface area (Å²) in [6.07, 6.45) is 2.04. The Bertz CT molecular complexity index is 1000. The molecule has 0 bridgehead atoms. The van der Waals surface area contributed by atoms with Crippen LogP contribution in [0, 0.1) is 0 Å². The Morgan fingerprint density at radius 3 is 2.77 bits per heavy atom. The SMILES string of the molecule is COc1ccc(SCC(=O)N(CC2CCCO2)c2nc3c(OC)cccc3s2)cc1. The van der Waals surface area contributed by atoms with E-state index in [1.165, 1.54) is 23.1 Å². The number of amides is 1. The van der Waals surface area contributed by atoms with E-state index < -0.39 is 0 Å². The second kappa shape index (κ2) is 9.68. The van der Waals surface area contributed by atoms with Crippen LogP contribution in [0.25, 0.3) is 10.2 Å². The van der Waals surface area contributed by atoms with Crippen LogP contribution in [0.5, 0.6) is 11.5 Å². The molecule has 6 nitrogen and oxygen atoms in total. The minimum Gasteiger partial charge on any atom is -0.497 e. The van der Waals surface area contributed by atoms with Crippen molar-refractivity contribution < 1.29 is 19.0 Å². The zero-order valence-corrected chi connectivity index (χ0v) is 18.6. The number of benzene rings is 2. The molecule has 158 valence electrons. The summed E-state index contributed by atoms with van der Waals surface area (Å²) in [6.45, 7) is 1.27. The van der Waals surface area contributed by atoms with E-state index in [4.69, 9.17) is 19.2 Å². The van der Waals surface area contributed by atoms with E-state index in [0.717, 1.165) is 40.3 Å². The summed E-state index contributed by atoms with van der Waals surface area (Å²) in [4.78, 5) is 20.8. The van der Waals surface area contributed by atoms with E-state index in [2.05, 4.69) is 0 Å². The Kier molecular flexibility index (Phi) is 6.76. The van der Waals surface area contributed by atoms with Crippen LogP contribution < -0.4 is 14.4 Å². The molecule has 0 saturated carbocycles. The van der Waals surface area contributed by atoms with Crippen molar-refractivity contribution in [3.8, 4) is 11.5 Å². The third kappa shape index (κ3) is 4.71. The summed E-state index contributed by atoms with van der Waals surface area (Å²) in [6, 6.07) is 13.5.